The fraction of sp³-hybridized carbons (Fsp3) is 0.318. The molecule has 146 valence electrons. The van der Waals surface area contributed by atoms with E-state index in [1.54, 1.807) is 7.11 Å². The first kappa shape index (κ1) is 20.1. The molecule has 0 saturated heterocycles. The summed E-state index contributed by atoms with van der Waals surface area (Å²) in [6.45, 7) is 8.30. The van der Waals surface area contributed by atoms with Crippen molar-refractivity contribution in [1.82, 2.24) is 10.2 Å². The van der Waals surface area contributed by atoms with Gasteiger partial charge in [-0.05, 0) is 42.2 Å². The van der Waals surface area contributed by atoms with E-state index in [0.29, 0.717) is 16.7 Å². The minimum absolute atomic E-state index is 0.0367. The second-order valence-corrected chi connectivity index (χ2v) is 8.85. The smallest absolute Gasteiger partial charge is 0.277 e. The van der Waals surface area contributed by atoms with Crippen molar-refractivity contribution in [3.8, 4) is 17.2 Å². The Bertz CT molecular complexity index is 941. The van der Waals surface area contributed by atoms with Crippen molar-refractivity contribution < 1.29 is 13.9 Å². The maximum absolute atomic E-state index is 12.7. The molecule has 0 aliphatic carbocycles. The Kier molecular flexibility index (Phi) is 5.89. The SMILES string of the molecule is COc1ccc(-c2nnc(SC(C)C(=O)c3ccc(C(C)(C)C)cc3)o2)cc1. The lowest BCUT2D eigenvalue weighted by Crippen LogP contribution is -2.15. The van der Waals surface area contributed by atoms with Crippen LogP contribution in [0.25, 0.3) is 11.5 Å². The molecule has 5 nitrogen and oxygen atoms in total. The summed E-state index contributed by atoms with van der Waals surface area (Å²) in [5.74, 6) is 1.21. The monoisotopic (exact) mass is 396 g/mol. The van der Waals surface area contributed by atoms with Crippen LogP contribution in [-0.4, -0.2) is 28.3 Å². The van der Waals surface area contributed by atoms with Crippen LogP contribution in [0.3, 0.4) is 0 Å². The van der Waals surface area contributed by atoms with Crippen LogP contribution in [0.1, 0.15) is 43.6 Å². The van der Waals surface area contributed by atoms with E-state index < -0.39 is 0 Å². The van der Waals surface area contributed by atoms with Gasteiger partial charge in [-0.15, -0.1) is 10.2 Å². The van der Waals surface area contributed by atoms with Gasteiger partial charge in [0.15, 0.2) is 5.78 Å². The molecule has 0 spiro atoms. The second kappa shape index (κ2) is 8.19. The third-order valence-corrected chi connectivity index (χ3v) is 5.36. The van der Waals surface area contributed by atoms with Crippen LogP contribution in [-0.2, 0) is 5.41 Å². The number of nitrogens with zero attached hydrogens (tertiary/aromatic N) is 2. The Labute approximate surface area is 169 Å². The summed E-state index contributed by atoms with van der Waals surface area (Å²) < 4.78 is 10.9. The Morgan fingerprint density at radius 1 is 1.04 bits per heavy atom. The van der Waals surface area contributed by atoms with Crippen LogP contribution in [0.5, 0.6) is 5.75 Å². The van der Waals surface area contributed by atoms with Crippen LogP contribution >= 0.6 is 11.8 Å². The molecule has 0 aliphatic heterocycles. The van der Waals surface area contributed by atoms with Gasteiger partial charge in [-0.1, -0.05) is 56.8 Å². The van der Waals surface area contributed by atoms with E-state index in [2.05, 4.69) is 31.0 Å². The van der Waals surface area contributed by atoms with E-state index in [0.717, 1.165) is 11.3 Å². The van der Waals surface area contributed by atoms with Crippen molar-refractivity contribution in [3.63, 3.8) is 0 Å². The molecule has 1 atom stereocenters. The predicted octanol–water partition coefficient (Wildman–Crippen LogP) is 5.41. The lowest BCUT2D eigenvalue weighted by Gasteiger charge is -2.19. The lowest BCUT2D eigenvalue weighted by molar-refractivity contribution is 0.0993. The van der Waals surface area contributed by atoms with Gasteiger partial charge in [-0.3, -0.25) is 4.79 Å². The third kappa shape index (κ3) is 4.62. The first-order valence-corrected chi connectivity index (χ1v) is 9.95. The van der Waals surface area contributed by atoms with Crippen molar-refractivity contribution in [2.24, 2.45) is 0 Å². The van der Waals surface area contributed by atoms with E-state index in [-0.39, 0.29) is 16.4 Å². The third-order valence-electron chi connectivity index (χ3n) is 4.43. The van der Waals surface area contributed by atoms with Crippen LogP contribution in [0, 0.1) is 0 Å². The van der Waals surface area contributed by atoms with Crippen molar-refractivity contribution in [2.45, 2.75) is 43.6 Å². The zero-order valence-electron chi connectivity index (χ0n) is 16.7. The summed E-state index contributed by atoms with van der Waals surface area (Å²) in [4.78, 5) is 12.7. The van der Waals surface area contributed by atoms with Gasteiger partial charge in [0, 0.05) is 11.1 Å². The summed E-state index contributed by atoms with van der Waals surface area (Å²) in [5.41, 5.74) is 2.74. The number of thioether (sulfide) groups is 1. The Balaban J connectivity index is 1.68. The molecule has 0 aliphatic rings. The highest BCUT2D eigenvalue weighted by Crippen LogP contribution is 2.29. The van der Waals surface area contributed by atoms with Crippen molar-refractivity contribution in [2.75, 3.05) is 7.11 Å². The highest BCUT2D eigenvalue weighted by Gasteiger charge is 2.21. The maximum atomic E-state index is 12.7. The average molecular weight is 397 g/mol. The van der Waals surface area contributed by atoms with Crippen LogP contribution in [0.2, 0.25) is 0 Å². The van der Waals surface area contributed by atoms with Gasteiger partial charge >= 0.3 is 0 Å². The summed E-state index contributed by atoms with van der Waals surface area (Å²) in [5, 5.41) is 8.18. The molecule has 0 fully saturated rings. The first-order chi connectivity index (χ1) is 13.3. The van der Waals surface area contributed by atoms with E-state index in [9.17, 15) is 4.79 Å². The van der Waals surface area contributed by atoms with Crippen LogP contribution in [0.4, 0.5) is 0 Å². The zero-order valence-corrected chi connectivity index (χ0v) is 17.5. The topological polar surface area (TPSA) is 65.2 Å². The van der Waals surface area contributed by atoms with E-state index in [1.165, 1.54) is 17.3 Å². The molecule has 0 radical (unpaired) electrons. The number of ketones is 1. The van der Waals surface area contributed by atoms with Gasteiger partial charge in [-0.25, -0.2) is 0 Å². The highest BCUT2D eigenvalue weighted by molar-refractivity contribution is 8.00. The fourth-order valence-electron chi connectivity index (χ4n) is 2.68. The molecule has 2 aromatic carbocycles. The molecular weight excluding hydrogens is 372 g/mol. The minimum atomic E-state index is -0.329. The molecule has 0 N–H and O–H groups in total. The molecule has 3 aromatic rings. The zero-order chi connectivity index (χ0) is 20.3. The second-order valence-electron chi connectivity index (χ2n) is 7.55. The summed E-state index contributed by atoms with van der Waals surface area (Å²) >= 11 is 1.26. The molecule has 0 saturated carbocycles. The van der Waals surface area contributed by atoms with E-state index in [1.807, 2.05) is 55.5 Å². The van der Waals surface area contributed by atoms with Gasteiger partial charge in [0.05, 0.1) is 12.4 Å². The number of ether oxygens (including phenoxy) is 1. The van der Waals surface area contributed by atoms with Crippen LogP contribution in [0.15, 0.2) is 58.2 Å². The van der Waals surface area contributed by atoms with Gasteiger partial charge in [-0.2, -0.15) is 0 Å². The fourth-order valence-corrected chi connectivity index (χ4v) is 3.44. The number of aromatic nitrogens is 2. The summed E-state index contributed by atoms with van der Waals surface area (Å²) in [7, 11) is 1.62. The Morgan fingerprint density at radius 2 is 1.68 bits per heavy atom. The normalized spacial score (nSPS) is 12.6. The first-order valence-electron chi connectivity index (χ1n) is 9.07. The molecule has 1 heterocycles. The number of hydrogen-bond donors (Lipinski definition) is 0. The van der Waals surface area contributed by atoms with Gasteiger partial charge in [0.25, 0.3) is 5.22 Å². The summed E-state index contributed by atoms with van der Waals surface area (Å²) in [6.07, 6.45) is 0. The van der Waals surface area contributed by atoms with Gasteiger partial charge in [0.1, 0.15) is 5.75 Å². The predicted molar refractivity (Wildman–Crippen MR) is 111 cm³/mol. The highest BCUT2D eigenvalue weighted by atomic mass is 32.2. The lowest BCUT2D eigenvalue weighted by atomic mass is 9.86. The summed E-state index contributed by atoms with van der Waals surface area (Å²) in [6, 6.07) is 15.2. The number of methoxy groups -OCH3 is 1. The minimum Gasteiger partial charge on any atom is -0.497 e. The van der Waals surface area contributed by atoms with Crippen LogP contribution < -0.4 is 4.74 Å². The van der Waals surface area contributed by atoms with Crippen molar-refractivity contribution >= 4 is 17.5 Å². The van der Waals surface area contributed by atoms with E-state index in [4.69, 9.17) is 9.15 Å². The number of Topliss-reactive ketones (excluding diaryl/α,β-unsaturated/α-hetero) is 1. The van der Waals surface area contributed by atoms with Gasteiger partial charge in [0.2, 0.25) is 5.89 Å². The number of hydrogen-bond acceptors (Lipinski definition) is 6. The van der Waals surface area contributed by atoms with Crippen molar-refractivity contribution in [3.05, 3.63) is 59.7 Å². The molecule has 1 unspecified atom stereocenters. The molecular formula is C22H24N2O3S. The number of benzene rings is 2. The number of rotatable bonds is 6. The molecule has 28 heavy (non-hydrogen) atoms. The molecule has 1 aromatic heterocycles. The average Bonchev–Trinajstić information content (AvgIpc) is 3.15. The van der Waals surface area contributed by atoms with Crippen molar-refractivity contribution in [1.29, 1.82) is 0 Å². The quantitative estimate of drug-likeness (QED) is 0.410. The molecule has 3 rings (SSSR count). The van der Waals surface area contributed by atoms with Gasteiger partial charge < -0.3 is 9.15 Å². The standard InChI is InChI=1S/C22H24N2O3S/c1-14(19(25)15-6-10-17(11-7-15)22(2,3)4)28-21-24-23-20(27-21)16-8-12-18(26-5)13-9-16/h6-14H,1-5H3. The molecule has 6 heteroatoms. The maximum Gasteiger partial charge on any atom is 0.277 e. The Hall–Kier alpha value is -2.60. The molecule has 0 amide bonds. The van der Waals surface area contributed by atoms with E-state index >= 15 is 0 Å². The number of carbonyl (C=O) groups excluding carboxylic acids is 1. The Morgan fingerprint density at radius 3 is 2.25 bits per heavy atom. The largest absolute Gasteiger partial charge is 0.497 e. The number of carbonyl (C=O) groups is 1. The molecule has 0 bridgehead atoms.